The summed E-state index contributed by atoms with van der Waals surface area (Å²) in [5.74, 6) is 1.19. The Morgan fingerprint density at radius 3 is 2.95 bits per heavy atom. The topological polar surface area (TPSA) is 57.7 Å². The number of nitrogens with one attached hydrogen (secondary N) is 1. The summed E-state index contributed by atoms with van der Waals surface area (Å²) in [6.07, 6.45) is 1.08. The van der Waals surface area contributed by atoms with Crippen LogP contribution in [0.25, 0.3) is 0 Å². The highest BCUT2D eigenvalue weighted by atomic mass is 16.5. The van der Waals surface area contributed by atoms with E-state index in [-0.39, 0.29) is 6.03 Å². The molecule has 120 valence electrons. The largest absolute Gasteiger partial charge is 0.379 e. The standard InChI is InChI=1S/C16H24N4O2/c1-13-3-2-4-15(17-13)18-16(21)20-6-5-14(12-20)11-19-7-9-22-10-8-19/h2-4,14H,5-12H2,1H3,(H,17,18,21)/t14-/m0/s1. The van der Waals surface area contributed by atoms with Crippen molar-refractivity contribution in [3.8, 4) is 0 Å². The van der Waals surface area contributed by atoms with E-state index >= 15 is 0 Å². The minimum atomic E-state index is -0.0393. The van der Waals surface area contributed by atoms with Crippen LogP contribution in [0.3, 0.4) is 0 Å². The molecular weight excluding hydrogens is 280 g/mol. The lowest BCUT2D eigenvalue weighted by Crippen LogP contribution is -2.40. The molecule has 3 heterocycles. The van der Waals surface area contributed by atoms with Crippen molar-refractivity contribution in [1.82, 2.24) is 14.8 Å². The number of morpholine rings is 1. The molecule has 2 amide bonds. The second-order valence-corrected chi connectivity index (χ2v) is 6.11. The fourth-order valence-electron chi connectivity index (χ4n) is 3.12. The Morgan fingerprint density at radius 2 is 2.18 bits per heavy atom. The summed E-state index contributed by atoms with van der Waals surface area (Å²) in [7, 11) is 0. The molecule has 0 aliphatic carbocycles. The number of carbonyl (C=O) groups is 1. The Balaban J connectivity index is 1.48. The minimum Gasteiger partial charge on any atom is -0.379 e. The van der Waals surface area contributed by atoms with Gasteiger partial charge in [0.15, 0.2) is 0 Å². The van der Waals surface area contributed by atoms with Gasteiger partial charge in [-0.05, 0) is 31.4 Å². The van der Waals surface area contributed by atoms with E-state index in [1.54, 1.807) is 0 Å². The van der Waals surface area contributed by atoms with Gasteiger partial charge in [-0.2, -0.15) is 0 Å². The van der Waals surface area contributed by atoms with Crippen molar-refractivity contribution in [1.29, 1.82) is 0 Å². The van der Waals surface area contributed by atoms with Crippen LogP contribution in [0.1, 0.15) is 12.1 Å². The van der Waals surface area contributed by atoms with Gasteiger partial charge in [-0.25, -0.2) is 9.78 Å². The Labute approximate surface area is 131 Å². The maximum absolute atomic E-state index is 12.3. The van der Waals surface area contributed by atoms with Gasteiger partial charge in [-0.3, -0.25) is 10.2 Å². The van der Waals surface area contributed by atoms with Gasteiger partial charge in [0.2, 0.25) is 0 Å². The summed E-state index contributed by atoms with van der Waals surface area (Å²) in [5, 5.41) is 2.89. The summed E-state index contributed by atoms with van der Waals surface area (Å²) in [4.78, 5) is 21.0. The van der Waals surface area contributed by atoms with Crippen molar-refractivity contribution in [2.45, 2.75) is 13.3 Å². The molecule has 2 saturated heterocycles. The molecule has 3 rings (SSSR count). The molecule has 2 aliphatic rings. The Kier molecular flexibility index (Phi) is 4.90. The molecule has 1 N–H and O–H groups in total. The number of ether oxygens (including phenoxy) is 1. The first-order valence-corrected chi connectivity index (χ1v) is 8.00. The number of aryl methyl sites for hydroxylation is 1. The molecule has 6 nitrogen and oxygen atoms in total. The number of aromatic nitrogens is 1. The van der Waals surface area contributed by atoms with E-state index in [4.69, 9.17) is 4.74 Å². The smallest absolute Gasteiger partial charge is 0.323 e. The van der Waals surface area contributed by atoms with Crippen LogP contribution in [0.4, 0.5) is 10.6 Å². The van der Waals surface area contributed by atoms with Crippen molar-refractivity contribution in [2.24, 2.45) is 5.92 Å². The van der Waals surface area contributed by atoms with Crippen molar-refractivity contribution >= 4 is 11.8 Å². The van der Waals surface area contributed by atoms with E-state index in [0.29, 0.717) is 11.7 Å². The number of likely N-dealkylation sites (tertiary alicyclic amines) is 1. The van der Waals surface area contributed by atoms with Crippen LogP contribution in [0.5, 0.6) is 0 Å². The predicted molar refractivity (Wildman–Crippen MR) is 84.9 cm³/mol. The normalized spacial score (nSPS) is 22.8. The zero-order valence-corrected chi connectivity index (χ0v) is 13.1. The van der Waals surface area contributed by atoms with Crippen LogP contribution in [-0.4, -0.2) is 66.8 Å². The third kappa shape index (κ3) is 3.96. The van der Waals surface area contributed by atoms with E-state index in [9.17, 15) is 4.79 Å². The molecular formula is C16H24N4O2. The van der Waals surface area contributed by atoms with Gasteiger partial charge in [0.25, 0.3) is 0 Å². The summed E-state index contributed by atoms with van der Waals surface area (Å²) in [6, 6.07) is 5.61. The summed E-state index contributed by atoms with van der Waals surface area (Å²) < 4.78 is 5.38. The van der Waals surface area contributed by atoms with E-state index in [1.807, 2.05) is 30.0 Å². The zero-order chi connectivity index (χ0) is 15.4. The van der Waals surface area contributed by atoms with Gasteiger partial charge in [0, 0.05) is 38.4 Å². The highest BCUT2D eigenvalue weighted by molar-refractivity contribution is 5.88. The van der Waals surface area contributed by atoms with E-state index in [2.05, 4.69) is 15.2 Å². The SMILES string of the molecule is Cc1cccc(NC(=O)N2CC[C@@H](CN3CCOCC3)C2)n1. The fraction of sp³-hybridized carbons (Fsp3) is 0.625. The minimum absolute atomic E-state index is 0.0393. The van der Waals surface area contributed by atoms with E-state index < -0.39 is 0 Å². The van der Waals surface area contributed by atoms with Gasteiger partial charge in [-0.15, -0.1) is 0 Å². The number of rotatable bonds is 3. The molecule has 0 bridgehead atoms. The molecule has 6 heteroatoms. The second kappa shape index (κ2) is 7.07. The molecule has 0 unspecified atom stereocenters. The summed E-state index contributed by atoms with van der Waals surface area (Å²) in [6.45, 7) is 8.32. The highest BCUT2D eigenvalue weighted by Crippen LogP contribution is 2.19. The first-order valence-electron chi connectivity index (χ1n) is 8.00. The summed E-state index contributed by atoms with van der Waals surface area (Å²) >= 11 is 0. The second-order valence-electron chi connectivity index (χ2n) is 6.11. The average Bonchev–Trinajstić information content (AvgIpc) is 2.97. The average molecular weight is 304 g/mol. The van der Waals surface area contributed by atoms with Gasteiger partial charge in [0.1, 0.15) is 5.82 Å². The highest BCUT2D eigenvalue weighted by Gasteiger charge is 2.28. The number of hydrogen-bond acceptors (Lipinski definition) is 4. The van der Waals surface area contributed by atoms with Crippen LogP contribution in [0, 0.1) is 12.8 Å². The van der Waals surface area contributed by atoms with Crippen molar-refractivity contribution in [2.75, 3.05) is 51.3 Å². The van der Waals surface area contributed by atoms with Gasteiger partial charge >= 0.3 is 6.03 Å². The maximum Gasteiger partial charge on any atom is 0.323 e. The quantitative estimate of drug-likeness (QED) is 0.921. The molecule has 1 aromatic rings. The first-order chi connectivity index (χ1) is 10.7. The molecule has 1 aromatic heterocycles. The number of pyridine rings is 1. The lowest BCUT2D eigenvalue weighted by molar-refractivity contribution is 0.0314. The third-order valence-electron chi connectivity index (χ3n) is 4.32. The lowest BCUT2D eigenvalue weighted by atomic mass is 10.1. The van der Waals surface area contributed by atoms with Crippen LogP contribution in [0.15, 0.2) is 18.2 Å². The maximum atomic E-state index is 12.3. The molecule has 0 saturated carbocycles. The van der Waals surface area contributed by atoms with Gasteiger partial charge in [0.05, 0.1) is 13.2 Å². The fourth-order valence-corrected chi connectivity index (χ4v) is 3.12. The Bertz CT molecular complexity index is 517. The van der Waals surface area contributed by atoms with Crippen molar-refractivity contribution in [3.05, 3.63) is 23.9 Å². The van der Waals surface area contributed by atoms with Crippen molar-refractivity contribution < 1.29 is 9.53 Å². The predicted octanol–water partition coefficient (Wildman–Crippen LogP) is 1.58. The number of urea groups is 1. The summed E-state index contributed by atoms with van der Waals surface area (Å²) in [5.41, 5.74) is 0.907. The van der Waals surface area contributed by atoms with Crippen LogP contribution in [-0.2, 0) is 4.74 Å². The van der Waals surface area contributed by atoms with Gasteiger partial charge in [-0.1, -0.05) is 6.07 Å². The van der Waals surface area contributed by atoms with Crippen molar-refractivity contribution in [3.63, 3.8) is 0 Å². The molecule has 1 atom stereocenters. The Morgan fingerprint density at radius 1 is 1.36 bits per heavy atom. The Hall–Kier alpha value is -1.66. The van der Waals surface area contributed by atoms with E-state index in [0.717, 1.165) is 58.1 Å². The third-order valence-corrected chi connectivity index (χ3v) is 4.32. The van der Waals surface area contributed by atoms with Crippen LogP contribution < -0.4 is 5.32 Å². The van der Waals surface area contributed by atoms with Crippen LogP contribution >= 0.6 is 0 Å². The molecule has 0 aromatic carbocycles. The molecule has 22 heavy (non-hydrogen) atoms. The number of hydrogen-bond donors (Lipinski definition) is 1. The molecule has 2 aliphatic heterocycles. The number of amides is 2. The van der Waals surface area contributed by atoms with Gasteiger partial charge < -0.3 is 9.64 Å². The van der Waals surface area contributed by atoms with Crippen LogP contribution in [0.2, 0.25) is 0 Å². The molecule has 0 radical (unpaired) electrons. The zero-order valence-electron chi connectivity index (χ0n) is 13.1. The molecule has 2 fully saturated rings. The lowest BCUT2D eigenvalue weighted by Gasteiger charge is -2.29. The number of anilines is 1. The number of carbonyl (C=O) groups excluding carboxylic acids is 1. The first kappa shape index (κ1) is 15.2. The molecule has 0 spiro atoms. The number of nitrogens with zero attached hydrogens (tertiary/aromatic N) is 3. The van der Waals surface area contributed by atoms with E-state index in [1.165, 1.54) is 0 Å². The monoisotopic (exact) mass is 304 g/mol.